The Labute approximate surface area is 76.0 Å². The lowest BCUT2D eigenvalue weighted by Gasteiger charge is -2.06. The summed E-state index contributed by atoms with van der Waals surface area (Å²) in [7, 11) is 0. The molecule has 3 heteroatoms. The molecule has 0 amide bonds. The van der Waals surface area contributed by atoms with Gasteiger partial charge in [0, 0.05) is 0 Å². The van der Waals surface area contributed by atoms with Crippen LogP contribution in [0, 0.1) is 5.92 Å². The molecule has 1 atom stereocenters. The molecule has 1 unspecified atom stereocenters. The van der Waals surface area contributed by atoms with Crippen molar-refractivity contribution in [3.05, 3.63) is 35.9 Å². The third-order valence-electron chi connectivity index (χ3n) is 1.86. The van der Waals surface area contributed by atoms with E-state index in [9.17, 15) is 9.18 Å². The minimum absolute atomic E-state index is 0.257. The van der Waals surface area contributed by atoms with Crippen molar-refractivity contribution in [2.24, 2.45) is 5.92 Å². The first-order valence-corrected chi connectivity index (χ1v) is 4.06. The van der Waals surface area contributed by atoms with Gasteiger partial charge in [-0.1, -0.05) is 30.3 Å². The van der Waals surface area contributed by atoms with Gasteiger partial charge in [-0.2, -0.15) is 0 Å². The van der Waals surface area contributed by atoms with E-state index in [2.05, 4.69) is 0 Å². The second-order valence-electron chi connectivity index (χ2n) is 2.88. The first kappa shape index (κ1) is 9.71. The van der Waals surface area contributed by atoms with Crippen molar-refractivity contribution in [1.29, 1.82) is 0 Å². The van der Waals surface area contributed by atoms with Gasteiger partial charge >= 0.3 is 5.97 Å². The van der Waals surface area contributed by atoms with E-state index in [1.165, 1.54) is 0 Å². The number of aliphatic carboxylic acids is 1. The fourth-order valence-corrected chi connectivity index (χ4v) is 1.11. The van der Waals surface area contributed by atoms with Crippen LogP contribution >= 0.6 is 0 Å². The summed E-state index contributed by atoms with van der Waals surface area (Å²) < 4.78 is 12.2. The Balaban J connectivity index is 2.62. The van der Waals surface area contributed by atoms with Crippen molar-refractivity contribution in [1.82, 2.24) is 0 Å². The number of carboxylic acid groups (broad SMARTS) is 1. The molecule has 13 heavy (non-hydrogen) atoms. The van der Waals surface area contributed by atoms with Crippen LogP contribution in [-0.4, -0.2) is 17.8 Å². The molecule has 0 aliphatic carbocycles. The van der Waals surface area contributed by atoms with Gasteiger partial charge in [0.1, 0.15) is 6.67 Å². The Morgan fingerprint density at radius 1 is 1.38 bits per heavy atom. The first-order chi connectivity index (χ1) is 6.24. The molecule has 0 radical (unpaired) electrons. The standard InChI is InChI=1S/C10H11FO2/c11-7-9(10(12)13)6-8-4-2-1-3-5-8/h1-5,9H,6-7H2,(H,12,13). The molecule has 0 aliphatic heterocycles. The second-order valence-corrected chi connectivity index (χ2v) is 2.88. The van der Waals surface area contributed by atoms with Gasteiger partial charge in [-0.15, -0.1) is 0 Å². The summed E-state index contributed by atoms with van der Waals surface area (Å²) in [6, 6.07) is 9.06. The first-order valence-electron chi connectivity index (χ1n) is 4.06. The van der Waals surface area contributed by atoms with Crippen LogP contribution in [0.2, 0.25) is 0 Å². The van der Waals surface area contributed by atoms with Gasteiger partial charge in [-0.25, -0.2) is 0 Å². The van der Waals surface area contributed by atoms with Gasteiger partial charge < -0.3 is 5.11 Å². The van der Waals surface area contributed by atoms with Crippen molar-refractivity contribution in [2.75, 3.05) is 6.67 Å². The molecular formula is C10H11FO2. The average Bonchev–Trinajstić information content (AvgIpc) is 2.15. The van der Waals surface area contributed by atoms with E-state index in [-0.39, 0.29) is 6.42 Å². The Hall–Kier alpha value is -1.38. The summed E-state index contributed by atoms with van der Waals surface area (Å²) in [5, 5.41) is 8.59. The molecule has 0 saturated carbocycles. The Kier molecular flexibility index (Phi) is 3.43. The lowest BCUT2D eigenvalue weighted by Crippen LogP contribution is -2.18. The Morgan fingerprint density at radius 2 is 2.00 bits per heavy atom. The maximum Gasteiger partial charge on any atom is 0.309 e. The molecule has 0 aromatic heterocycles. The number of alkyl halides is 1. The molecule has 1 aromatic carbocycles. The van der Waals surface area contributed by atoms with Crippen molar-refractivity contribution in [3.63, 3.8) is 0 Å². The van der Waals surface area contributed by atoms with Crippen LogP contribution in [0.3, 0.4) is 0 Å². The van der Waals surface area contributed by atoms with E-state index in [1.54, 1.807) is 12.1 Å². The van der Waals surface area contributed by atoms with Gasteiger partial charge in [0.25, 0.3) is 0 Å². The number of rotatable bonds is 4. The van der Waals surface area contributed by atoms with Gasteiger partial charge in [-0.3, -0.25) is 9.18 Å². The van der Waals surface area contributed by atoms with Crippen LogP contribution in [-0.2, 0) is 11.2 Å². The van der Waals surface area contributed by atoms with Gasteiger partial charge in [0.05, 0.1) is 5.92 Å². The minimum Gasteiger partial charge on any atom is -0.481 e. The SMILES string of the molecule is O=C(O)C(CF)Cc1ccccc1. The summed E-state index contributed by atoms with van der Waals surface area (Å²) >= 11 is 0. The normalized spacial score (nSPS) is 12.4. The van der Waals surface area contributed by atoms with Crippen LogP contribution < -0.4 is 0 Å². The maximum atomic E-state index is 12.2. The monoisotopic (exact) mass is 182 g/mol. The molecule has 0 spiro atoms. The summed E-state index contributed by atoms with van der Waals surface area (Å²) in [5.41, 5.74) is 0.854. The van der Waals surface area contributed by atoms with E-state index in [4.69, 9.17) is 5.11 Å². The molecule has 0 fully saturated rings. The fourth-order valence-electron chi connectivity index (χ4n) is 1.11. The highest BCUT2D eigenvalue weighted by atomic mass is 19.1. The largest absolute Gasteiger partial charge is 0.481 e. The van der Waals surface area contributed by atoms with Gasteiger partial charge in [0.2, 0.25) is 0 Å². The Morgan fingerprint density at radius 3 is 2.46 bits per heavy atom. The van der Waals surface area contributed by atoms with Crippen LogP contribution in [0.4, 0.5) is 4.39 Å². The van der Waals surface area contributed by atoms with Crippen molar-refractivity contribution in [2.45, 2.75) is 6.42 Å². The Bertz CT molecular complexity index is 272. The fraction of sp³-hybridized carbons (Fsp3) is 0.300. The zero-order valence-corrected chi connectivity index (χ0v) is 7.11. The van der Waals surface area contributed by atoms with Crippen molar-refractivity contribution < 1.29 is 14.3 Å². The summed E-state index contributed by atoms with van der Waals surface area (Å²) in [4.78, 5) is 10.5. The van der Waals surface area contributed by atoms with E-state index < -0.39 is 18.6 Å². The van der Waals surface area contributed by atoms with Crippen LogP contribution in [0.15, 0.2) is 30.3 Å². The zero-order chi connectivity index (χ0) is 9.68. The van der Waals surface area contributed by atoms with Gasteiger partial charge in [-0.05, 0) is 12.0 Å². The molecule has 1 N–H and O–H groups in total. The molecule has 0 heterocycles. The highest BCUT2D eigenvalue weighted by molar-refractivity contribution is 5.70. The molecule has 70 valence electrons. The van der Waals surface area contributed by atoms with E-state index in [1.807, 2.05) is 18.2 Å². The second kappa shape index (κ2) is 4.60. The molecule has 0 bridgehead atoms. The van der Waals surface area contributed by atoms with Crippen molar-refractivity contribution >= 4 is 5.97 Å². The zero-order valence-electron chi connectivity index (χ0n) is 7.11. The summed E-state index contributed by atoms with van der Waals surface area (Å²) in [6.45, 7) is -0.815. The quantitative estimate of drug-likeness (QED) is 0.772. The molecule has 2 nitrogen and oxygen atoms in total. The molecule has 0 saturated heterocycles. The maximum absolute atomic E-state index is 12.2. The van der Waals surface area contributed by atoms with Crippen molar-refractivity contribution in [3.8, 4) is 0 Å². The lowest BCUT2D eigenvalue weighted by atomic mass is 10.0. The van der Waals surface area contributed by atoms with E-state index >= 15 is 0 Å². The summed E-state index contributed by atoms with van der Waals surface area (Å²) in [6.07, 6.45) is 0.257. The van der Waals surface area contributed by atoms with E-state index in [0.717, 1.165) is 5.56 Å². The number of benzene rings is 1. The lowest BCUT2D eigenvalue weighted by molar-refractivity contribution is -0.142. The highest BCUT2D eigenvalue weighted by Crippen LogP contribution is 2.09. The molecular weight excluding hydrogens is 171 g/mol. The highest BCUT2D eigenvalue weighted by Gasteiger charge is 2.16. The van der Waals surface area contributed by atoms with Gasteiger partial charge in [0.15, 0.2) is 0 Å². The number of carbonyl (C=O) groups is 1. The van der Waals surface area contributed by atoms with E-state index in [0.29, 0.717) is 0 Å². The number of hydrogen-bond donors (Lipinski definition) is 1. The predicted octanol–water partition coefficient (Wildman–Crippen LogP) is 1.90. The minimum atomic E-state index is -1.08. The summed E-state index contributed by atoms with van der Waals surface area (Å²) in [5.74, 6) is -1.99. The smallest absolute Gasteiger partial charge is 0.309 e. The number of hydrogen-bond acceptors (Lipinski definition) is 1. The number of halogens is 1. The molecule has 1 aromatic rings. The topological polar surface area (TPSA) is 37.3 Å². The molecule has 0 aliphatic rings. The molecule has 1 rings (SSSR count). The van der Waals surface area contributed by atoms with Crippen LogP contribution in [0.1, 0.15) is 5.56 Å². The average molecular weight is 182 g/mol. The van der Waals surface area contributed by atoms with Crippen LogP contribution in [0.5, 0.6) is 0 Å². The van der Waals surface area contributed by atoms with Crippen LogP contribution in [0.25, 0.3) is 0 Å². The number of carboxylic acids is 1. The predicted molar refractivity (Wildman–Crippen MR) is 47.2 cm³/mol. The third kappa shape index (κ3) is 2.86. The third-order valence-corrected chi connectivity index (χ3v) is 1.86.